The average Bonchev–Trinajstić information content (AvgIpc) is 3.26. The van der Waals surface area contributed by atoms with E-state index in [0.29, 0.717) is 67.9 Å². The minimum absolute atomic E-state index is 0.265. The van der Waals surface area contributed by atoms with Gasteiger partial charge in [-0.1, -0.05) is 97.1 Å². The van der Waals surface area contributed by atoms with Crippen molar-refractivity contribution >= 4 is 55.0 Å². The molecule has 0 heterocycles. The first-order chi connectivity index (χ1) is 29.2. The van der Waals surface area contributed by atoms with Gasteiger partial charge in [0.15, 0.2) is 46.0 Å². The van der Waals surface area contributed by atoms with Crippen LogP contribution < -0.4 is 37.9 Å². The van der Waals surface area contributed by atoms with E-state index < -0.39 is 11.9 Å². The van der Waals surface area contributed by atoms with Crippen LogP contribution in [0.1, 0.15) is 13.8 Å². The molecule has 0 atom stereocenters. The van der Waals surface area contributed by atoms with E-state index in [1.165, 1.54) is 13.8 Å². The van der Waals surface area contributed by atoms with E-state index in [0.717, 1.165) is 43.1 Å². The maximum absolute atomic E-state index is 12.4. The Balaban J connectivity index is 1.57. The summed E-state index contributed by atoms with van der Waals surface area (Å²) in [6, 6.07) is 35.1. The maximum atomic E-state index is 12.4. The van der Waals surface area contributed by atoms with Gasteiger partial charge in [-0.2, -0.15) is 0 Å². The fourth-order valence-electron chi connectivity index (χ4n) is 8.52. The van der Waals surface area contributed by atoms with E-state index in [9.17, 15) is 9.59 Å². The quantitative estimate of drug-likeness (QED) is 0.0926. The highest BCUT2D eigenvalue weighted by Crippen LogP contribution is 2.61. The molecule has 10 nitrogen and oxygen atoms in total. The minimum Gasteiger partial charge on any atom is -0.492 e. The molecule has 0 aliphatic heterocycles. The predicted molar refractivity (Wildman–Crippen MR) is 235 cm³/mol. The largest absolute Gasteiger partial charge is 0.492 e. The van der Waals surface area contributed by atoms with Gasteiger partial charge in [-0.15, -0.1) is 0 Å². The van der Waals surface area contributed by atoms with Crippen LogP contribution in [0.3, 0.4) is 0 Å². The molecule has 8 aromatic rings. The smallest absolute Gasteiger partial charge is 0.308 e. The molecule has 0 spiro atoms. The number of ether oxygens (including phenoxy) is 8. The SMILES string of the molecule is COc1c(OC(C)=O)cc2ccccc2c1-c1c(OC)c(OC)c(-c2c(OC)c(OC)c(-c3c(OC)c(OC(C)=O)cc4ccccc34)c3ccccc23)c2ccccc12. The number of benzene rings is 8. The molecule has 302 valence electrons. The third kappa shape index (κ3) is 6.28. The van der Waals surface area contributed by atoms with E-state index in [1.807, 2.05) is 97.1 Å². The molecule has 10 heteroatoms. The number of rotatable bonds is 11. The highest BCUT2D eigenvalue weighted by Gasteiger charge is 2.33. The molecule has 60 heavy (non-hydrogen) atoms. The molecule has 0 amide bonds. The Morgan fingerprint density at radius 2 is 0.567 bits per heavy atom. The fraction of sp³-hybridized carbons (Fsp3) is 0.160. The van der Waals surface area contributed by atoms with Crippen LogP contribution in [0.4, 0.5) is 0 Å². The number of hydrogen-bond donors (Lipinski definition) is 0. The molecule has 0 N–H and O–H groups in total. The van der Waals surface area contributed by atoms with Gasteiger partial charge >= 0.3 is 11.9 Å². The average molecular weight is 803 g/mol. The van der Waals surface area contributed by atoms with Crippen LogP contribution in [0.15, 0.2) is 109 Å². The number of esters is 2. The van der Waals surface area contributed by atoms with E-state index in [2.05, 4.69) is 0 Å². The van der Waals surface area contributed by atoms with Crippen molar-refractivity contribution in [2.75, 3.05) is 42.7 Å². The van der Waals surface area contributed by atoms with Crippen molar-refractivity contribution in [3.8, 4) is 79.4 Å². The lowest BCUT2D eigenvalue weighted by Crippen LogP contribution is -2.06. The summed E-state index contributed by atoms with van der Waals surface area (Å²) in [5, 5.41) is 6.53. The molecular formula is C50H42O10. The Labute approximate surface area is 346 Å². The van der Waals surface area contributed by atoms with Crippen molar-refractivity contribution in [1.29, 1.82) is 0 Å². The summed E-state index contributed by atoms with van der Waals surface area (Å²) in [6.45, 7) is 2.71. The van der Waals surface area contributed by atoms with Crippen LogP contribution in [0.25, 0.3) is 76.5 Å². The molecule has 0 saturated heterocycles. The molecule has 0 bridgehead atoms. The van der Waals surface area contributed by atoms with Gasteiger partial charge in [0, 0.05) is 47.2 Å². The van der Waals surface area contributed by atoms with Crippen molar-refractivity contribution < 1.29 is 47.5 Å². The van der Waals surface area contributed by atoms with Gasteiger partial charge in [0.2, 0.25) is 0 Å². The number of hydrogen-bond acceptors (Lipinski definition) is 10. The molecular weight excluding hydrogens is 761 g/mol. The van der Waals surface area contributed by atoms with Gasteiger partial charge in [-0.05, 0) is 55.2 Å². The lowest BCUT2D eigenvalue weighted by molar-refractivity contribution is -0.132. The summed E-state index contributed by atoms with van der Waals surface area (Å²) in [5.41, 5.74) is 4.00. The second-order valence-corrected chi connectivity index (χ2v) is 13.9. The molecule has 0 aromatic heterocycles. The normalized spacial score (nSPS) is 11.1. The lowest BCUT2D eigenvalue weighted by Gasteiger charge is -2.27. The van der Waals surface area contributed by atoms with Crippen molar-refractivity contribution in [3.05, 3.63) is 109 Å². The number of carbonyl (C=O) groups excluding carboxylic acids is 2. The van der Waals surface area contributed by atoms with Gasteiger partial charge in [-0.25, -0.2) is 0 Å². The predicted octanol–water partition coefficient (Wildman–Crippen LogP) is 11.2. The second-order valence-electron chi connectivity index (χ2n) is 13.9. The van der Waals surface area contributed by atoms with Crippen LogP contribution in [0.2, 0.25) is 0 Å². The highest BCUT2D eigenvalue weighted by molar-refractivity contribution is 6.22. The summed E-state index contributed by atoms with van der Waals surface area (Å²) in [6.07, 6.45) is 0. The Bertz CT molecular complexity index is 2820. The molecule has 0 aliphatic rings. The van der Waals surface area contributed by atoms with E-state index in [1.54, 1.807) is 54.8 Å². The van der Waals surface area contributed by atoms with Gasteiger partial charge in [-0.3, -0.25) is 9.59 Å². The van der Waals surface area contributed by atoms with Crippen molar-refractivity contribution in [2.45, 2.75) is 13.8 Å². The third-order valence-electron chi connectivity index (χ3n) is 10.7. The second kappa shape index (κ2) is 16.1. The highest BCUT2D eigenvalue weighted by atomic mass is 16.6. The Kier molecular flexibility index (Phi) is 10.5. The van der Waals surface area contributed by atoms with Crippen molar-refractivity contribution in [2.24, 2.45) is 0 Å². The van der Waals surface area contributed by atoms with E-state index in [-0.39, 0.29) is 11.5 Å². The van der Waals surface area contributed by atoms with Crippen LogP contribution in [-0.4, -0.2) is 54.6 Å². The molecule has 8 rings (SSSR count). The Hall–Kier alpha value is -7.46. The van der Waals surface area contributed by atoms with E-state index in [4.69, 9.17) is 37.9 Å². The summed E-state index contributed by atoms with van der Waals surface area (Å²) in [4.78, 5) is 24.8. The van der Waals surface area contributed by atoms with Crippen molar-refractivity contribution in [3.63, 3.8) is 0 Å². The number of methoxy groups -OCH3 is 6. The van der Waals surface area contributed by atoms with Crippen molar-refractivity contribution in [1.82, 2.24) is 0 Å². The molecule has 0 unspecified atom stereocenters. The molecule has 0 saturated carbocycles. The standard InChI is InChI=1S/C50H42O10/c1-27(51)59-37-25-29-17-9-11-19-31(29)39(45(37)53-3)41-33-21-13-15-23-35(33)43(49(57-7)47(41)55-5)44-36-24-16-14-22-34(36)42(48(56-6)50(44)58-8)40-32-20-12-10-18-30(32)26-38(46(40)54-4)60-28(2)52/h9-26H,1-8H3. The van der Waals surface area contributed by atoms with Gasteiger partial charge in [0.05, 0.1) is 42.7 Å². The maximum Gasteiger partial charge on any atom is 0.308 e. The van der Waals surface area contributed by atoms with Gasteiger partial charge < -0.3 is 37.9 Å². The zero-order valence-corrected chi connectivity index (χ0v) is 34.5. The minimum atomic E-state index is -0.487. The third-order valence-corrected chi connectivity index (χ3v) is 10.7. The number of fused-ring (bicyclic) bond motifs is 4. The zero-order valence-electron chi connectivity index (χ0n) is 34.5. The Morgan fingerprint density at radius 1 is 0.333 bits per heavy atom. The van der Waals surface area contributed by atoms with Gasteiger partial charge in [0.25, 0.3) is 0 Å². The summed E-state index contributed by atoms with van der Waals surface area (Å²) in [5.74, 6) is 1.90. The fourth-order valence-corrected chi connectivity index (χ4v) is 8.52. The summed E-state index contributed by atoms with van der Waals surface area (Å²) < 4.78 is 49.4. The van der Waals surface area contributed by atoms with Crippen LogP contribution in [0.5, 0.6) is 46.0 Å². The van der Waals surface area contributed by atoms with E-state index >= 15 is 0 Å². The summed E-state index contributed by atoms with van der Waals surface area (Å²) in [7, 11) is 9.48. The van der Waals surface area contributed by atoms with Gasteiger partial charge in [0.1, 0.15) is 0 Å². The zero-order chi connectivity index (χ0) is 42.2. The number of carbonyl (C=O) groups is 2. The molecule has 0 aliphatic carbocycles. The summed E-state index contributed by atoms with van der Waals surface area (Å²) >= 11 is 0. The topological polar surface area (TPSA) is 108 Å². The Morgan fingerprint density at radius 3 is 0.817 bits per heavy atom. The lowest BCUT2D eigenvalue weighted by atomic mass is 9.83. The molecule has 0 radical (unpaired) electrons. The van der Waals surface area contributed by atoms with Crippen LogP contribution >= 0.6 is 0 Å². The van der Waals surface area contributed by atoms with Crippen LogP contribution in [0, 0.1) is 0 Å². The first-order valence-electron chi connectivity index (χ1n) is 19.1. The monoisotopic (exact) mass is 802 g/mol. The molecule has 8 aromatic carbocycles. The first-order valence-corrected chi connectivity index (χ1v) is 19.1. The van der Waals surface area contributed by atoms with Crippen LogP contribution in [-0.2, 0) is 9.59 Å². The molecule has 0 fully saturated rings. The first kappa shape index (κ1) is 39.4.